The fourth-order valence-electron chi connectivity index (χ4n) is 3.63. The number of hydrogen-bond acceptors (Lipinski definition) is 5. The van der Waals surface area contributed by atoms with Gasteiger partial charge in [-0.2, -0.15) is 0 Å². The second-order valence-corrected chi connectivity index (χ2v) is 7.88. The normalized spacial score (nSPS) is 14.8. The first kappa shape index (κ1) is 22.8. The number of amides is 3. The fourth-order valence-corrected chi connectivity index (χ4v) is 3.63. The number of carbonyl (C=O) groups excluding carboxylic acids is 2. The number of ether oxygens (including phenoxy) is 1. The van der Waals surface area contributed by atoms with Gasteiger partial charge >= 0.3 is 6.03 Å². The Hall–Kier alpha value is -2.90. The van der Waals surface area contributed by atoms with Gasteiger partial charge in [0.15, 0.2) is 0 Å². The van der Waals surface area contributed by atoms with Crippen molar-refractivity contribution in [3.05, 3.63) is 59.2 Å². The van der Waals surface area contributed by atoms with Gasteiger partial charge in [0, 0.05) is 38.4 Å². The molecule has 0 saturated carbocycles. The van der Waals surface area contributed by atoms with Crippen molar-refractivity contribution in [1.29, 1.82) is 0 Å². The maximum absolute atomic E-state index is 12.3. The fraction of sp³-hybridized carbons (Fsp3) is 0.417. The van der Waals surface area contributed by atoms with Gasteiger partial charge in [0.2, 0.25) is 5.91 Å². The van der Waals surface area contributed by atoms with E-state index in [4.69, 9.17) is 4.74 Å². The first-order chi connectivity index (χ1) is 14.9. The smallest absolute Gasteiger partial charge is 0.325 e. The van der Waals surface area contributed by atoms with Crippen LogP contribution < -0.4 is 15.4 Å². The van der Waals surface area contributed by atoms with E-state index in [1.807, 2.05) is 51.1 Å². The molecule has 1 aliphatic rings. The van der Waals surface area contributed by atoms with Crippen LogP contribution in [0, 0.1) is 13.8 Å². The molecule has 3 amide bonds. The lowest BCUT2D eigenvalue weighted by Gasteiger charge is -2.34. The minimum Gasteiger partial charge on any atom is -0.494 e. The molecule has 0 aromatic heterocycles. The average Bonchev–Trinajstić information content (AvgIpc) is 2.74. The van der Waals surface area contributed by atoms with Crippen molar-refractivity contribution in [2.24, 2.45) is 0 Å². The van der Waals surface area contributed by atoms with Gasteiger partial charge in [-0.25, -0.2) is 4.79 Å². The topological polar surface area (TPSA) is 73.9 Å². The van der Waals surface area contributed by atoms with Gasteiger partial charge in [-0.3, -0.25) is 19.9 Å². The summed E-state index contributed by atoms with van der Waals surface area (Å²) in [6.07, 6.45) is 0. The van der Waals surface area contributed by atoms with Gasteiger partial charge in [-0.15, -0.1) is 0 Å². The summed E-state index contributed by atoms with van der Waals surface area (Å²) in [5.41, 5.74) is 4.05. The van der Waals surface area contributed by atoms with Crippen molar-refractivity contribution in [3.8, 4) is 5.75 Å². The summed E-state index contributed by atoms with van der Waals surface area (Å²) in [7, 11) is 0. The van der Waals surface area contributed by atoms with Crippen LogP contribution in [0.25, 0.3) is 0 Å². The zero-order chi connectivity index (χ0) is 22.2. The van der Waals surface area contributed by atoms with Crippen molar-refractivity contribution in [1.82, 2.24) is 15.1 Å². The summed E-state index contributed by atoms with van der Waals surface area (Å²) in [5, 5.41) is 5.19. The molecule has 1 saturated heterocycles. The lowest BCUT2D eigenvalue weighted by atomic mass is 10.1. The predicted molar refractivity (Wildman–Crippen MR) is 122 cm³/mol. The number of carbonyl (C=O) groups is 2. The molecule has 0 aliphatic carbocycles. The SMILES string of the molecule is CCOc1ccc(CN2CCN(CC(=O)NC(=O)Nc3cccc(C)c3C)CC2)cc1. The van der Waals surface area contributed by atoms with E-state index in [2.05, 4.69) is 32.6 Å². The lowest BCUT2D eigenvalue weighted by molar-refractivity contribution is -0.121. The highest BCUT2D eigenvalue weighted by atomic mass is 16.5. The summed E-state index contributed by atoms with van der Waals surface area (Å²) >= 11 is 0. The van der Waals surface area contributed by atoms with Crippen LogP contribution in [-0.4, -0.2) is 61.1 Å². The second kappa shape index (κ2) is 10.9. The zero-order valence-electron chi connectivity index (χ0n) is 18.6. The summed E-state index contributed by atoms with van der Waals surface area (Å²) < 4.78 is 5.49. The number of nitrogens with one attached hydrogen (secondary N) is 2. The number of hydrogen-bond donors (Lipinski definition) is 2. The highest BCUT2D eigenvalue weighted by Gasteiger charge is 2.20. The number of piperazine rings is 1. The highest BCUT2D eigenvalue weighted by Crippen LogP contribution is 2.18. The average molecular weight is 425 g/mol. The lowest BCUT2D eigenvalue weighted by Crippen LogP contribution is -2.50. The molecular weight excluding hydrogens is 392 g/mol. The molecule has 3 rings (SSSR count). The van der Waals surface area contributed by atoms with Gasteiger partial charge in [-0.05, 0) is 55.7 Å². The Morgan fingerprint density at radius 1 is 0.968 bits per heavy atom. The first-order valence-electron chi connectivity index (χ1n) is 10.8. The standard InChI is InChI=1S/C24H32N4O3/c1-4-31-21-10-8-20(9-11-21)16-27-12-14-28(15-13-27)17-23(29)26-24(30)25-22-7-5-6-18(2)19(22)3/h5-11H,4,12-17H2,1-3H3,(H2,25,26,29,30). The van der Waals surface area contributed by atoms with Crippen LogP contribution in [0.2, 0.25) is 0 Å². The molecule has 0 radical (unpaired) electrons. The molecule has 7 nitrogen and oxygen atoms in total. The molecule has 2 aromatic carbocycles. The number of imide groups is 1. The Balaban J connectivity index is 1.39. The minimum atomic E-state index is -0.493. The van der Waals surface area contributed by atoms with Crippen LogP contribution in [0.15, 0.2) is 42.5 Å². The Bertz CT molecular complexity index is 890. The van der Waals surface area contributed by atoms with Gasteiger partial charge in [0.05, 0.1) is 13.2 Å². The summed E-state index contributed by atoms with van der Waals surface area (Å²) in [5.74, 6) is 0.603. The molecule has 2 aromatic rings. The molecule has 0 bridgehead atoms. The number of benzene rings is 2. The molecule has 7 heteroatoms. The molecule has 31 heavy (non-hydrogen) atoms. The molecule has 166 valence electrons. The van der Waals surface area contributed by atoms with Crippen molar-refractivity contribution >= 4 is 17.6 Å². The molecule has 1 heterocycles. The van der Waals surface area contributed by atoms with Crippen LogP contribution in [0.3, 0.4) is 0 Å². The van der Waals surface area contributed by atoms with E-state index in [0.717, 1.165) is 49.6 Å². The predicted octanol–water partition coefficient (Wildman–Crippen LogP) is 3.17. The zero-order valence-corrected chi connectivity index (χ0v) is 18.6. The minimum absolute atomic E-state index is 0.219. The number of rotatable bonds is 7. The molecule has 0 atom stereocenters. The number of urea groups is 1. The largest absolute Gasteiger partial charge is 0.494 e. The number of anilines is 1. The van der Waals surface area contributed by atoms with Gasteiger partial charge in [0.1, 0.15) is 5.75 Å². The number of aryl methyl sites for hydroxylation is 1. The second-order valence-electron chi connectivity index (χ2n) is 7.88. The molecule has 1 fully saturated rings. The Morgan fingerprint density at radius 2 is 1.65 bits per heavy atom. The summed E-state index contributed by atoms with van der Waals surface area (Å²) in [4.78, 5) is 28.9. The van der Waals surface area contributed by atoms with E-state index in [1.165, 1.54) is 5.56 Å². The van der Waals surface area contributed by atoms with E-state index in [9.17, 15) is 9.59 Å². The van der Waals surface area contributed by atoms with E-state index in [1.54, 1.807) is 0 Å². The Labute approximate surface area is 184 Å². The van der Waals surface area contributed by atoms with E-state index in [-0.39, 0.29) is 12.5 Å². The molecule has 0 spiro atoms. The third kappa shape index (κ3) is 6.80. The van der Waals surface area contributed by atoms with Crippen molar-refractivity contribution in [2.45, 2.75) is 27.3 Å². The number of nitrogens with zero attached hydrogens (tertiary/aromatic N) is 2. The van der Waals surface area contributed by atoms with Crippen LogP contribution in [0.1, 0.15) is 23.6 Å². The molecule has 2 N–H and O–H groups in total. The summed E-state index contributed by atoms with van der Waals surface area (Å²) in [6.45, 7) is 11.0. The maximum atomic E-state index is 12.3. The van der Waals surface area contributed by atoms with E-state index >= 15 is 0 Å². The van der Waals surface area contributed by atoms with E-state index in [0.29, 0.717) is 12.3 Å². The summed E-state index contributed by atoms with van der Waals surface area (Å²) in [6, 6.07) is 13.4. The Morgan fingerprint density at radius 3 is 2.32 bits per heavy atom. The maximum Gasteiger partial charge on any atom is 0.325 e. The van der Waals surface area contributed by atoms with Gasteiger partial charge < -0.3 is 10.1 Å². The monoisotopic (exact) mass is 424 g/mol. The quantitative estimate of drug-likeness (QED) is 0.714. The Kier molecular flexibility index (Phi) is 8.03. The van der Waals surface area contributed by atoms with E-state index < -0.39 is 6.03 Å². The third-order valence-electron chi connectivity index (χ3n) is 5.58. The first-order valence-corrected chi connectivity index (χ1v) is 10.8. The van der Waals surface area contributed by atoms with Crippen LogP contribution in [0.4, 0.5) is 10.5 Å². The van der Waals surface area contributed by atoms with Crippen molar-refractivity contribution in [3.63, 3.8) is 0 Å². The third-order valence-corrected chi connectivity index (χ3v) is 5.58. The van der Waals surface area contributed by atoms with Crippen LogP contribution >= 0.6 is 0 Å². The molecule has 1 aliphatic heterocycles. The van der Waals surface area contributed by atoms with Crippen molar-refractivity contribution in [2.75, 3.05) is 44.6 Å². The van der Waals surface area contributed by atoms with Crippen molar-refractivity contribution < 1.29 is 14.3 Å². The molecular formula is C24H32N4O3. The highest BCUT2D eigenvalue weighted by molar-refractivity contribution is 6.02. The molecule has 0 unspecified atom stereocenters. The van der Waals surface area contributed by atoms with Gasteiger partial charge in [0.25, 0.3) is 0 Å². The van der Waals surface area contributed by atoms with Crippen LogP contribution in [-0.2, 0) is 11.3 Å². The van der Waals surface area contributed by atoms with Gasteiger partial charge in [-0.1, -0.05) is 24.3 Å². The van der Waals surface area contributed by atoms with Crippen LogP contribution in [0.5, 0.6) is 5.75 Å².